The Labute approximate surface area is 176 Å². The summed E-state index contributed by atoms with van der Waals surface area (Å²) >= 11 is 5.99. The van der Waals surface area contributed by atoms with Crippen LogP contribution < -0.4 is 5.32 Å². The van der Waals surface area contributed by atoms with E-state index in [2.05, 4.69) is 5.32 Å². The average Bonchev–Trinajstić information content (AvgIpc) is 3.38. The lowest BCUT2D eigenvalue weighted by atomic mass is 9.89. The number of carbonyl (C=O) groups excluding carboxylic acids is 3. The van der Waals surface area contributed by atoms with Gasteiger partial charge in [-0.25, -0.2) is 4.79 Å². The van der Waals surface area contributed by atoms with E-state index >= 15 is 0 Å². The van der Waals surface area contributed by atoms with Crippen molar-refractivity contribution in [1.29, 1.82) is 0 Å². The molecule has 0 radical (unpaired) electrons. The number of urea groups is 1. The van der Waals surface area contributed by atoms with E-state index in [-0.39, 0.29) is 43.0 Å². The van der Waals surface area contributed by atoms with Crippen molar-refractivity contribution in [2.45, 2.75) is 57.3 Å². The number of nitrogens with one attached hydrogen (secondary N) is 1. The topological polar surface area (TPSA) is 73.0 Å². The minimum atomic E-state index is -1.01. The standard InChI is InChI=1S/C21H27ClN4O3/c1-14(2)25-12-18(27)26(11-15-3-5-16(22)6-4-15)21(19(25)28)9-10-24(13-21)20(29)23-17-7-8-17/h3-6,14,17H,7-13H2,1-2H3,(H,23,29)/t21-/m0/s1. The van der Waals surface area contributed by atoms with Crippen molar-refractivity contribution in [3.8, 4) is 0 Å². The maximum atomic E-state index is 13.5. The van der Waals surface area contributed by atoms with Gasteiger partial charge in [-0.05, 0) is 50.8 Å². The third-order valence-corrected chi connectivity index (χ3v) is 6.35. The van der Waals surface area contributed by atoms with Crippen LogP contribution in [0.2, 0.25) is 5.02 Å². The summed E-state index contributed by atoms with van der Waals surface area (Å²) in [5.74, 6) is -0.152. The van der Waals surface area contributed by atoms with E-state index in [1.807, 2.05) is 26.0 Å². The van der Waals surface area contributed by atoms with Gasteiger partial charge in [0.2, 0.25) is 5.91 Å². The molecule has 4 amide bonds. The van der Waals surface area contributed by atoms with Crippen molar-refractivity contribution < 1.29 is 14.4 Å². The second kappa shape index (κ2) is 7.52. The van der Waals surface area contributed by atoms with Gasteiger partial charge in [0, 0.05) is 30.2 Å². The van der Waals surface area contributed by atoms with Crippen LogP contribution in [0, 0.1) is 0 Å². The number of rotatable bonds is 4. The van der Waals surface area contributed by atoms with Gasteiger partial charge in [-0.2, -0.15) is 0 Å². The van der Waals surface area contributed by atoms with Crippen LogP contribution in [0.5, 0.6) is 0 Å². The quantitative estimate of drug-likeness (QED) is 0.814. The van der Waals surface area contributed by atoms with E-state index < -0.39 is 5.54 Å². The highest BCUT2D eigenvalue weighted by Crippen LogP contribution is 2.36. The minimum absolute atomic E-state index is 0.0669. The first-order chi connectivity index (χ1) is 13.8. The Morgan fingerprint density at radius 2 is 1.93 bits per heavy atom. The van der Waals surface area contributed by atoms with Gasteiger partial charge >= 0.3 is 6.03 Å². The predicted octanol–water partition coefficient (Wildman–Crippen LogP) is 2.24. The fourth-order valence-corrected chi connectivity index (χ4v) is 4.33. The smallest absolute Gasteiger partial charge is 0.317 e. The summed E-state index contributed by atoms with van der Waals surface area (Å²) in [4.78, 5) is 44.3. The highest BCUT2D eigenvalue weighted by molar-refractivity contribution is 6.30. The molecule has 1 N–H and O–H groups in total. The summed E-state index contributed by atoms with van der Waals surface area (Å²) in [5, 5.41) is 3.62. The number of piperazine rings is 1. The largest absolute Gasteiger partial charge is 0.335 e. The van der Waals surface area contributed by atoms with Gasteiger partial charge in [-0.15, -0.1) is 0 Å². The van der Waals surface area contributed by atoms with E-state index in [0.29, 0.717) is 24.5 Å². The number of hydrogen-bond donors (Lipinski definition) is 1. The molecule has 3 aliphatic rings. The van der Waals surface area contributed by atoms with Crippen LogP contribution in [0.3, 0.4) is 0 Å². The van der Waals surface area contributed by atoms with Crippen molar-refractivity contribution in [3.63, 3.8) is 0 Å². The van der Waals surface area contributed by atoms with Gasteiger partial charge in [0.1, 0.15) is 12.1 Å². The maximum Gasteiger partial charge on any atom is 0.317 e. The predicted molar refractivity (Wildman–Crippen MR) is 109 cm³/mol. The summed E-state index contributed by atoms with van der Waals surface area (Å²) in [6.45, 7) is 4.92. The Balaban J connectivity index is 1.62. The zero-order valence-electron chi connectivity index (χ0n) is 16.9. The maximum absolute atomic E-state index is 13.5. The summed E-state index contributed by atoms with van der Waals surface area (Å²) in [6.07, 6.45) is 2.46. The molecule has 2 aliphatic heterocycles. The summed E-state index contributed by atoms with van der Waals surface area (Å²) in [6, 6.07) is 7.34. The molecule has 8 heteroatoms. The highest BCUT2D eigenvalue weighted by Gasteiger charge is 2.57. The molecule has 2 heterocycles. The van der Waals surface area contributed by atoms with Gasteiger partial charge in [0.15, 0.2) is 0 Å². The Morgan fingerprint density at radius 3 is 2.55 bits per heavy atom. The van der Waals surface area contributed by atoms with Crippen LogP contribution in [0.25, 0.3) is 0 Å². The van der Waals surface area contributed by atoms with E-state index in [9.17, 15) is 14.4 Å². The first-order valence-electron chi connectivity index (χ1n) is 10.2. The Morgan fingerprint density at radius 1 is 1.24 bits per heavy atom. The van der Waals surface area contributed by atoms with Gasteiger partial charge in [-0.3, -0.25) is 9.59 Å². The second-order valence-electron chi connectivity index (χ2n) is 8.56. The molecule has 0 aromatic heterocycles. The highest BCUT2D eigenvalue weighted by atomic mass is 35.5. The zero-order chi connectivity index (χ0) is 20.8. The first-order valence-corrected chi connectivity index (χ1v) is 10.6. The van der Waals surface area contributed by atoms with E-state index in [1.165, 1.54) is 0 Å². The zero-order valence-corrected chi connectivity index (χ0v) is 17.6. The minimum Gasteiger partial charge on any atom is -0.335 e. The molecular weight excluding hydrogens is 392 g/mol. The number of benzene rings is 1. The number of amides is 4. The summed E-state index contributed by atoms with van der Waals surface area (Å²) in [7, 11) is 0. The molecule has 1 spiro atoms. The fraction of sp³-hybridized carbons (Fsp3) is 0.571. The SMILES string of the molecule is CC(C)N1CC(=O)N(Cc2ccc(Cl)cc2)[C@]2(CCN(C(=O)NC3CC3)C2)C1=O. The lowest BCUT2D eigenvalue weighted by Gasteiger charge is -2.48. The summed E-state index contributed by atoms with van der Waals surface area (Å²) < 4.78 is 0. The molecule has 156 valence electrons. The van der Waals surface area contributed by atoms with Crippen molar-refractivity contribution in [2.75, 3.05) is 19.6 Å². The normalized spacial score (nSPS) is 24.8. The average molecular weight is 419 g/mol. The van der Waals surface area contributed by atoms with Gasteiger partial charge in [0.05, 0.1) is 6.54 Å². The van der Waals surface area contributed by atoms with E-state index in [1.54, 1.807) is 26.8 Å². The first kappa shape index (κ1) is 20.0. The van der Waals surface area contributed by atoms with E-state index in [0.717, 1.165) is 18.4 Å². The van der Waals surface area contributed by atoms with Gasteiger partial charge < -0.3 is 20.0 Å². The van der Waals surface area contributed by atoms with E-state index in [4.69, 9.17) is 11.6 Å². The number of hydrogen-bond acceptors (Lipinski definition) is 3. The molecule has 4 rings (SSSR count). The molecule has 1 aromatic carbocycles. The lowest BCUT2D eigenvalue weighted by Crippen LogP contribution is -2.70. The van der Waals surface area contributed by atoms with Crippen molar-refractivity contribution in [2.24, 2.45) is 0 Å². The molecule has 0 unspecified atom stereocenters. The molecule has 2 saturated heterocycles. The Bertz CT molecular complexity index is 824. The molecule has 7 nitrogen and oxygen atoms in total. The van der Waals surface area contributed by atoms with Crippen LogP contribution in [-0.4, -0.2) is 69.8 Å². The molecule has 1 aromatic rings. The van der Waals surface area contributed by atoms with Crippen LogP contribution in [0.15, 0.2) is 24.3 Å². The van der Waals surface area contributed by atoms with Crippen LogP contribution >= 0.6 is 11.6 Å². The van der Waals surface area contributed by atoms with Crippen molar-refractivity contribution >= 4 is 29.4 Å². The molecule has 1 atom stereocenters. The second-order valence-corrected chi connectivity index (χ2v) is 9.00. The molecule has 1 aliphatic carbocycles. The number of likely N-dealkylation sites (tertiary alicyclic amines) is 1. The molecule has 0 bridgehead atoms. The van der Waals surface area contributed by atoms with Crippen LogP contribution in [-0.2, 0) is 16.1 Å². The third-order valence-electron chi connectivity index (χ3n) is 6.10. The lowest BCUT2D eigenvalue weighted by molar-refractivity contribution is -0.166. The molecule has 29 heavy (non-hydrogen) atoms. The van der Waals surface area contributed by atoms with Crippen LogP contribution in [0.1, 0.15) is 38.7 Å². The fourth-order valence-electron chi connectivity index (χ4n) is 4.21. The molecule has 3 fully saturated rings. The Kier molecular flexibility index (Phi) is 5.19. The van der Waals surface area contributed by atoms with Crippen molar-refractivity contribution in [3.05, 3.63) is 34.9 Å². The molecular formula is C21H27ClN4O3. The van der Waals surface area contributed by atoms with Crippen LogP contribution in [0.4, 0.5) is 4.79 Å². The number of nitrogens with zero attached hydrogens (tertiary/aromatic N) is 3. The Hall–Kier alpha value is -2.28. The van der Waals surface area contributed by atoms with Gasteiger partial charge in [0.25, 0.3) is 5.91 Å². The number of halogens is 1. The summed E-state index contributed by atoms with van der Waals surface area (Å²) in [5.41, 5.74) is -0.103. The van der Waals surface area contributed by atoms with Crippen molar-refractivity contribution in [1.82, 2.24) is 20.0 Å². The number of carbonyl (C=O) groups is 3. The monoisotopic (exact) mass is 418 g/mol. The van der Waals surface area contributed by atoms with Gasteiger partial charge in [-0.1, -0.05) is 23.7 Å². The third kappa shape index (κ3) is 3.80. The molecule has 1 saturated carbocycles.